The highest BCUT2D eigenvalue weighted by molar-refractivity contribution is 5.76. The largest absolute Gasteiger partial charge is 0.460 e. The van der Waals surface area contributed by atoms with E-state index in [2.05, 4.69) is 4.89 Å². The maximum absolute atomic E-state index is 11.0. The first-order chi connectivity index (χ1) is 9.06. The van der Waals surface area contributed by atoms with Gasteiger partial charge in [0.1, 0.15) is 5.60 Å². The molecule has 0 aliphatic rings. The quantitative estimate of drug-likeness (QED) is 0.473. The Bertz CT molecular complexity index is 343. The lowest BCUT2D eigenvalue weighted by molar-refractivity contribution is -0.248. The molecule has 0 aliphatic heterocycles. The van der Waals surface area contributed by atoms with Crippen molar-refractivity contribution in [3.63, 3.8) is 0 Å². The Morgan fingerprint density at radius 3 is 1.38 bits per heavy atom. The maximum atomic E-state index is 11.0. The molecule has 0 aromatic rings. The molecular weight excluding hydrogens is 272 g/mol. The Balaban J connectivity index is 0. The highest BCUT2D eigenvalue weighted by atomic mass is 17.1. The molecular formula is C16H32O5. The van der Waals surface area contributed by atoms with Gasteiger partial charge in [0.15, 0.2) is 0 Å². The predicted octanol–water partition coefficient (Wildman–Crippen LogP) is 4.06. The molecule has 0 amide bonds. The number of hydrogen-bond donors (Lipinski definition) is 1. The molecule has 21 heavy (non-hydrogen) atoms. The van der Waals surface area contributed by atoms with Crippen molar-refractivity contribution in [1.29, 1.82) is 0 Å². The van der Waals surface area contributed by atoms with Crippen molar-refractivity contribution in [2.45, 2.75) is 74.8 Å². The van der Waals surface area contributed by atoms with Crippen molar-refractivity contribution in [1.82, 2.24) is 0 Å². The van der Waals surface area contributed by atoms with Gasteiger partial charge in [0.2, 0.25) is 0 Å². The van der Waals surface area contributed by atoms with E-state index in [0.29, 0.717) is 0 Å². The highest BCUT2D eigenvalue weighted by Crippen LogP contribution is 2.38. The zero-order valence-electron chi connectivity index (χ0n) is 15.2. The van der Waals surface area contributed by atoms with Crippen molar-refractivity contribution >= 4 is 11.9 Å². The summed E-state index contributed by atoms with van der Waals surface area (Å²) in [5, 5.41) is 8.18. The minimum absolute atomic E-state index is 0.0285. The van der Waals surface area contributed by atoms with Crippen LogP contribution in [0.2, 0.25) is 0 Å². The third kappa shape index (κ3) is 8.71. The second kappa shape index (κ2) is 7.78. The molecule has 0 bridgehead atoms. The molecule has 0 saturated heterocycles. The molecule has 0 heterocycles. The number of carbonyl (C=O) groups excluding carboxylic acids is 2. The van der Waals surface area contributed by atoms with Crippen molar-refractivity contribution in [3.05, 3.63) is 0 Å². The number of ether oxygens (including phenoxy) is 1. The molecule has 0 spiro atoms. The van der Waals surface area contributed by atoms with E-state index in [4.69, 9.17) is 9.99 Å². The van der Waals surface area contributed by atoms with Gasteiger partial charge in [-0.05, 0) is 40.0 Å². The van der Waals surface area contributed by atoms with E-state index < -0.39 is 11.4 Å². The molecule has 0 aromatic carbocycles. The van der Waals surface area contributed by atoms with Crippen LogP contribution in [-0.4, -0.2) is 22.8 Å². The second-order valence-corrected chi connectivity index (χ2v) is 7.94. The van der Waals surface area contributed by atoms with Gasteiger partial charge in [-0.15, -0.1) is 0 Å². The Morgan fingerprint density at radius 1 is 0.905 bits per heavy atom. The Kier molecular flexibility index (Phi) is 8.22. The minimum Gasteiger partial charge on any atom is -0.460 e. The fourth-order valence-corrected chi connectivity index (χ4v) is 0.840. The van der Waals surface area contributed by atoms with E-state index in [1.54, 1.807) is 13.8 Å². The van der Waals surface area contributed by atoms with Crippen LogP contribution in [0.1, 0.15) is 69.2 Å². The summed E-state index contributed by atoms with van der Waals surface area (Å²) in [5.74, 6) is -0.753. The summed E-state index contributed by atoms with van der Waals surface area (Å²) in [5.41, 5.74) is -1.23. The Labute approximate surface area is 128 Å². The number of rotatable bonds is 2. The lowest BCUT2D eigenvalue weighted by Gasteiger charge is -2.34. The molecule has 5 nitrogen and oxygen atoms in total. The van der Waals surface area contributed by atoms with Gasteiger partial charge >= 0.3 is 11.9 Å². The molecule has 0 saturated carbocycles. The van der Waals surface area contributed by atoms with Crippen LogP contribution in [0.4, 0.5) is 0 Å². The van der Waals surface area contributed by atoms with Gasteiger partial charge < -0.3 is 9.62 Å². The fraction of sp³-hybridized carbons (Fsp3) is 0.875. The van der Waals surface area contributed by atoms with Crippen LogP contribution in [0.25, 0.3) is 0 Å². The third-order valence-corrected chi connectivity index (χ3v) is 3.35. The smallest absolute Gasteiger partial charge is 0.348 e. The van der Waals surface area contributed by atoms with Crippen molar-refractivity contribution in [3.8, 4) is 0 Å². The molecule has 0 aliphatic carbocycles. The van der Waals surface area contributed by atoms with Gasteiger partial charge in [-0.25, -0.2) is 4.79 Å². The molecule has 0 unspecified atom stereocenters. The first-order valence-corrected chi connectivity index (χ1v) is 7.15. The van der Waals surface area contributed by atoms with Gasteiger partial charge in [-0.1, -0.05) is 34.6 Å². The third-order valence-electron chi connectivity index (χ3n) is 3.35. The summed E-state index contributed by atoms with van der Waals surface area (Å²) in [6, 6.07) is 0. The zero-order chi connectivity index (χ0) is 17.6. The van der Waals surface area contributed by atoms with E-state index >= 15 is 0 Å². The van der Waals surface area contributed by atoms with E-state index in [1.165, 1.54) is 0 Å². The molecule has 5 heteroatoms. The maximum Gasteiger partial charge on any atom is 0.348 e. The molecule has 0 radical (unpaired) electrons. The number of hydrogen-bond acceptors (Lipinski definition) is 5. The van der Waals surface area contributed by atoms with E-state index in [9.17, 15) is 9.59 Å². The van der Waals surface area contributed by atoms with Crippen molar-refractivity contribution in [2.75, 3.05) is 0 Å². The first kappa shape index (κ1) is 22.2. The normalized spacial score (nSPS) is 12.4. The van der Waals surface area contributed by atoms with E-state index in [0.717, 1.165) is 0 Å². The van der Waals surface area contributed by atoms with Crippen LogP contribution in [-0.2, 0) is 19.2 Å². The molecule has 0 atom stereocenters. The summed E-state index contributed by atoms with van der Waals surface area (Å²) in [6.45, 7) is 18.5. The van der Waals surface area contributed by atoms with Crippen LogP contribution < -0.4 is 0 Å². The SMILES string of the molecule is CC(C)(C)C(C)(C)C(=O)OO.CC(C)C(=O)OC(C)(C)C. The van der Waals surface area contributed by atoms with Crippen LogP contribution >= 0.6 is 0 Å². The number of esters is 1. The monoisotopic (exact) mass is 304 g/mol. The van der Waals surface area contributed by atoms with Crippen LogP contribution in [0.5, 0.6) is 0 Å². The molecule has 0 aromatic heterocycles. The molecule has 0 rings (SSSR count). The van der Waals surface area contributed by atoms with E-state index in [-0.39, 0.29) is 22.9 Å². The average molecular weight is 304 g/mol. The van der Waals surface area contributed by atoms with Crippen LogP contribution in [0.15, 0.2) is 0 Å². The van der Waals surface area contributed by atoms with Crippen LogP contribution in [0, 0.1) is 16.7 Å². The molecule has 1 N–H and O–H groups in total. The lowest BCUT2D eigenvalue weighted by Crippen LogP contribution is -2.38. The standard InChI is InChI=1S/C8H16O3.C8H16O2/c1-7(2,3)8(4,5)6(9)11-10;1-6(2)7(9)10-8(3,4)5/h10H,1-5H3;6H,1-5H3. The van der Waals surface area contributed by atoms with Gasteiger partial charge in [0, 0.05) is 0 Å². The van der Waals surface area contributed by atoms with Crippen molar-refractivity contribution in [2.24, 2.45) is 16.7 Å². The van der Waals surface area contributed by atoms with Gasteiger partial charge in [0.25, 0.3) is 0 Å². The topological polar surface area (TPSA) is 72.8 Å². The van der Waals surface area contributed by atoms with Gasteiger partial charge in [-0.2, -0.15) is 5.26 Å². The molecule has 0 fully saturated rings. The Hall–Kier alpha value is -1.10. The lowest BCUT2D eigenvalue weighted by atomic mass is 9.69. The zero-order valence-corrected chi connectivity index (χ0v) is 15.2. The second-order valence-electron chi connectivity index (χ2n) is 7.94. The average Bonchev–Trinajstić information content (AvgIpc) is 2.24. The molecule has 126 valence electrons. The first-order valence-electron chi connectivity index (χ1n) is 7.15. The fourth-order valence-electron chi connectivity index (χ4n) is 0.840. The summed E-state index contributed by atoms with van der Waals surface area (Å²) in [6.07, 6.45) is 0. The Morgan fingerprint density at radius 2 is 1.29 bits per heavy atom. The number of carbonyl (C=O) groups is 2. The van der Waals surface area contributed by atoms with Gasteiger partial charge in [0.05, 0.1) is 11.3 Å². The summed E-state index contributed by atoms with van der Waals surface area (Å²) >= 11 is 0. The summed E-state index contributed by atoms with van der Waals surface area (Å²) < 4.78 is 5.06. The summed E-state index contributed by atoms with van der Waals surface area (Å²) in [4.78, 5) is 25.6. The predicted molar refractivity (Wildman–Crippen MR) is 82.6 cm³/mol. The van der Waals surface area contributed by atoms with Gasteiger partial charge in [-0.3, -0.25) is 4.79 Å². The highest BCUT2D eigenvalue weighted by Gasteiger charge is 2.41. The van der Waals surface area contributed by atoms with E-state index in [1.807, 2.05) is 55.4 Å². The summed E-state index contributed by atoms with van der Waals surface area (Å²) in [7, 11) is 0. The van der Waals surface area contributed by atoms with Crippen LogP contribution in [0.3, 0.4) is 0 Å². The minimum atomic E-state index is -0.665. The van der Waals surface area contributed by atoms with Crippen molar-refractivity contribution < 1.29 is 24.5 Å².